The second kappa shape index (κ2) is 7.75. The van der Waals surface area contributed by atoms with E-state index in [1.165, 1.54) is 11.8 Å². The first-order valence-corrected chi connectivity index (χ1v) is 9.06. The van der Waals surface area contributed by atoms with Crippen LogP contribution in [0, 0.1) is 0 Å². The Morgan fingerprint density at radius 1 is 1.09 bits per heavy atom. The highest BCUT2D eigenvalue weighted by atomic mass is 79.9. The highest BCUT2D eigenvalue weighted by Gasteiger charge is 2.12. The number of fused-ring (bicyclic) bond motifs is 1. The normalized spacial score (nSPS) is 13.3. The van der Waals surface area contributed by atoms with Crippen molar-refractivity contribution in [2.75, 3.05) is 24.3 Å². The molecule has 3 rings (SSSR count). The molecule has 4 nitrogen and oxygen atoms in total. The lowest BCUT2D eigenvalue weighted by atomic mass is 10.2. The molecular weight excluding hydrogens is 378 g/mol. The van der Waals surface area contributed by atoms with E-state index in [1.807, 2.05) is 42.5 Å². The molecule has 1 aliphatic rings. The van der Waals surface area contributed by atoms with Crippen LogP contribution in [0.4, 0.5) is 5.69 Å². The van der Waals surface area contributed by atoms with E-state index in [9.17, 15) is 4.79 Å². The van der Waals surface area contributed by atoms with Crippen molar-refractivity contribution in [2.45, 2.75) is 11.3 Å². The zero-order valence-corrected chi connectivity index (χ0v) is 14.8. The van der Waals surface area contributed by atoms with Gasteiger partial charge in [-0.3, -0.25) is 4.79 Å². The zero-order chi connectivity index (χ0) is 16.1. The maximum Gasteiger partial charge on any atom is 0.234 e. The van der Waals surface area contributed by atoms with Crippen molar-refractivity contribution in [2.24, 2.45) is 0 Å². The van der Waals surface area contributed by atoms with Crippen LogP contribution >= 0.6 is 27.7 Å². The van der Waals surface area contributed by atoms with Gasteiger partial charge in [-0.2, -0.15) is 0 Å². The molecule has 2 aromatic carbocycles. The van der Waals surface area contributed by atoms with E-state index < -0.39 is 0 Å². The summed E-state index contributed by atoms with van der Waals surface area (Å²) in [6, 6.07) is 13.4. The molecule has 0 saturated heterocycles. The third-order valence-electron chi connectivity index (χ3n) is 3.21. The largest absolute Gasteiger partial charge is 0.490 e. The summed E-state index contributed by atoms with van der Waals surface area (Å²) in [5.74, 6) is 1.72. The van der Waals surface area contributed by atoms with Gasteiger partial charge in [-0.05, 0) is 36.4 Å². The minimum absolute atomic E-state index is 0.0487. The van der Waals surface area contributed by atoms with Gasteiger partial charge in [0.15, 0.2) is 11.5 Å². The Morgan fingerprint density at radius 3 is 2.61 bits per heavy atom. The van der Waals surface area contributed by atoms with Crippen LogP contribution in [0.5, 0.6) is 11.5 Å². The van der Waals surface area contributed by atoms with Gasteiger partial charge in [-0.15, -0.1) is 11.8 Å². The third-order valence-corrected chi connectivity index (χ3v) is 4.76. The first kappa shape index (κ1) is 16.2. The van der Waals surface area contributed by atoms with Crippen molar-refractivity contribution in [3.63, 3.8) is 0 Å². The third kappa shape index (κ3) is 4.65. The Hall–Kier alpha value is -1.66. The molecule has 23 heavy (non-hydrogen) atoms. The van der Waals surface area contributed by atoms with Gasteiger partial charge in [0.05, 0.1) is 19.0 Å². The summed E-state index contributed by atoms with van der Waals surface area (Å²) in [7, 11) is 0. The summed E-state index contributed by atoms with van der Waals surface area (Å²) in [5.41, 5.74) is 0.718. The summed E-state index contributed by atoms with van der Waals surface area (Å²) >= 11 is 4.89. The molecule has 0 aromatic heterocycles. The zero-order valence-electron chi connectivity index (χ0n) is 12.4. The van der Waals surface area contributed by atoms with Crippen LogP contribution in [0.15, 0.2) is 51.8 Å². The van der Waals surface area contributed by atoms with E-state index >= 15 is 0 Å². The predicted octanol–water partition coefficient (Wildman–Crippen LogP) is 4.34. The Balaban J connectivity index is 1.57. The smallest absolute Gasteiger partial charge is 0.234 e. The van der Waals surface area contributed by atoms with Gasteiger partial charge in [-0.25, -0.2) is 0 Å². The highest BCUT2D eigenvalue weighted by molar-refractivity contribution is 9.10. The van der Waals surface area contributed by atoms with E-state index in [4.69, 9.17) is 9.47 Å². The summed E-state index contributed by atoms with van der Waals surface area (Å²) in [5, 5.41) is 2.89. The monoisotopic (exact) mass is 393 g/mol. The van der Waals surface area contributed by atoms with Crippen molar-refractivity contribution < 1.29 is 14.3 Å². The SMILES string of the molecule is O=C(CSc1ccc(Br)cc1)Nc1ccc2c(c1)OCCCO2. The van der Waals surface area contributed by atoms with E-state index in [0.29, 0.717) is 24.7 Å². The fourth-order valence-corrected chi connectivity index (χ4v) is 3.08. The van der Waals surface area contributed by atoms with Crippen molar-refractivity contribution in [1.82, 2.24) is 0 Å². The topological polar surface area (TPSA) is 47.6 Å². The van der Waals surface area contributed by atoms with Crippen LogP contribution in [0.2, 0.25) is 0 Å². The standard InChI is InChI=1S/C17H16BrNO3S/c18-12-2-5-14(6-3-12)23-11-17(20)19-13-4-7-15-16(10-13)22-9-1-8-21-15/h2-7,10H,1,8-9,11H2,(H,19,20). The fraction of sp³-hybridized carbons (Fsp3) is 0.235. The Bertz CT molecular complexity index is 691. The number of nitrogens with one attached hydrogen (secondary N) is 1. The van der Waals surface area contributed by atoms with Gasteiger partial charge >= 0.3 is 0 Å². The van der Waals surface area contributed by atoms with Crippen LogP contribution in [-0.2, 0) is 4.79 Å². The minimum atomic E-state index is -0.0487. The molecule has 120 valence electrons. The molecule has 0 unspecified atom stereocenters. The quantitative estimate of drug-likeness (QED) is 0.784. The number of benzene rings is 2. The molecule has 0 spiro atoms. The number of rotatable bonds is 4. The number of carbonyl (C=O) groups is 1. The van der Waals surface area contributed by atoms with Crippen LogP contribution in [0.25, 0.3) is 0 Å². The molecule has 0 atom stereocenters. The van der Waals surface area contributed by atoms with Crippen LogP contribution < -0.4 is 14.8 Å². The molecule has 0 aliphatic carbocycles. The van der Waals surface area contributed by atoms with E-state index in [2.05, 4.69) is 21.2 Å². The van der Waals surface area contributed by atoms with Crippen molar-refractivity contribution in [1.29, 1.82) is 0 Å². The molecule has 1 N–H and O–H groups in total. The van der Waals surface area contributed by atoms with Gasteiger partial charge in [0.1, 0.15) is 0 Å². The maximum absolute atomic E-state index is 12.1. The van der Waals surface area contributed by atoms with Crippen LogP contribution in [0.1, 0.15) is 6.42 Å². The summed E-state index contributed by atoms with van der Waals surface area (Å²) < 4.78 is 12.2. The van der Waals surface area contributed by atoms with Gasteiger partial charge < -0.3 is 14.8 Å². The van der Waals surface area contributed by atoms with Crippen molar-refractivity contribution in [3.8, 4) is 11.5 Å². The van der Waals surface area contributed by atoms with E-state index in [0.717, 1.165) is 27.2 Å². The highest BCUT2D eigenvalue weighted by Crippen LogP contribution is 2.32. The van der Waals surface area contributed by atoms with Gasteiger partial charge in [0.2, 0.25) is 5.91 Å². The molecule has 1 aliphatic heterocycles. The lowest BCUT2D eigenvalue weighted by molar-refractivity contribution is -0.113. The Labute approximate surface area is 147 Å². The summed E-state index contributed by atoms with van der Waals surface area (Å²) in [4.78, 5) is 13.1. The van der Waals surface area contributed by atoms with Crippen molar-refractivity contribution in [3.05, 3.63) is 46.9 Å². The first-order valence-electron chi connectivity index (χ1n) is 7.28. The molecular formula is C17H16BrNO3S. The molecule has 0 fully saturated rings. The number of ether oxygens (including phenoxy) is 2. The van der Waals surface area contributed by atoms with Gasteiger partial charge in [-0.1, -0.05) is 15.9 Å². The number of carbonyl (C=O) groups excluding carboxylic acids is 1. The van der Waals surface area contributed by atoms with E-state index in [1.54, 1.807) is 0 Å². The first-order chi connectivity index (χ1) is 11.2. The number of thioether (sulfide) groups is 1. The van der Waals surface area contributed by atoms with Crippen LogP contribution in [0.3, 0.4) is 0 Å². The summed E-state index contributed by atoms with van der Waals surface area (Å²) in [6.07, 6.45) is 0.861. The van der Waals surface area contributed by atoms with Gasteiger partial charge in [0, 0.05) is 27.5 Å². The fourth-order valence-electron chi connectivity index (χ4n) is 2.12. The minimum Gasteiger partial charge on any atom is -0.490 e. The molecule has 2 aromatic rings. The van der Waals surface area contributed by atoms with Crippen molar-refractivity contribution >= 4 is 39.3 Å². The number of anilines is 1. The number of halogens is 1. The second-order valence-corrected chi connectivity index (χ2v) is 6.97. The predicted molar refractivity (Wildman–Crippen MR) is 95.5 cm³/mol. The average Bonchev–Trinajstić information content (AvgIpc) is 2.79. The van der Waals surface area contributed by atoms with Gasteiger partial charge in [0.25, 0.3) is 0 Å². The summed E-state index contributed by atoms with van der Waals surface area (Å²) in [6.45, 7) is 1.28. The molecule has 1 heterocycles. The lowest BCUT2D eigenvalue weighted by Crippen LogP contribution is -2.14. The Morgan fingerprint density at radius 2 is 1.83 bits per heavy atom. The molecule has 0 bridgehead atoms. The molecule has 0 radical (unpaired) electrons. The second-order valence-electron chi connectivity index (χ2n) is 5.00. The molecule has 1 amide bonds. The maximum atomic E-state index is 12.1. The number of amides is 1. The lowest BCUT2D eigenvalue weighted by Gasteiger charge is -2.10. The average molecular weight is 394 g/mol. The number of hydrogen-bond donors (Lipinski definition) is 1. The van der Waals surface area contributed by atoms with E-state index in [-0.39, 0.29) is 5.91 Å². The Kier molecular flexibility index (Phi) is 5.46. The van der Waals surface area contributed by atoms with Crippen LogP contribution in [-0.4, -0.2) is 24.9 Å². The molecule has 0 saturated carbocycles. The number of hydrogen-bond acceptors (Lipinski definition) is 4. The molecule has 6 heteroatoms.